The quantitative estimate of drug-likeness (QED) is 0.221. The Kier molecular flexibility index (Phi) is 11.2. The zero-order chi connectivity index (χ0) is 45.0. The normalized spacial score (nSPS) is 28.3. The smallest absolute Gasteiger partial charge is 0.169 e. The van der Waals surface area contributed by atoms with E-state index in [4.69, 9.17) is 9.98 Å². The van der Waals surface area contributed by atoms with E-state index in [0.717, 1.165) is 106 Å². The van der Waals surface area contributed by atoms with Crippen molar-refractivity contribution in [1.29, 1.82) is 0 Å². The van der Waals surface area contributed by atoms with Gasteiger partial charge in [0.25, 0.3) is 0 Å². The molecule has 3 aliphatic heterocycles. The molecule has 1 aromatic heterocycles. The molecule has 340 valence electrons. The highest BCUT2D eigenvalue weighted by Crippen LogP contribution is 2.55. The minimum Gasteiger partial charge on any atom is -0.337 e. The number of hydrogen-bond donors (Lipinski definition) is 2. The fraction of sp³-hybridized carbons (Fsp3) is 0.323. The third kappa shape index (κ3) is 7.65. The van der Waals surface area contributed by atoms with Gasteiger partial charge in [-0.25, -0.2) is 9.98 Å². The Balaban J connectivity index is 0.924. The van der Waals surface area contributed by atoms with Gasteiger partial charge in [-0.05, 0) is 141 Å². The van der Waals surface area contributed by atoms with E-state index in [1.54, 1.807) is 27.3 Å². The Morgan fingerprint density at radius 1 is 0.691 bits per heavy atom. The van der Waals surface area contributed by atoms with E-state index < -0.39 is 0 Å². The first-order chi connectivity index (χ1) is 33.7. The van der Waals surface area contributed by atoms with E-state index in [1.807, 2.05) is 0 Å². The molecule has 6 atom stereocenters. The van der Waals surface area contributed by atoms with Gasteiger partial charge in [0, 0.05) is 68.2 Å². The topological polar surface area (TPSA) is 52.0 Å². The van der Waals surface area contributed by atoms with Crippen LogP contribution in [0.1, 0.15) is 103 Å². The van der Waals surface area contributed by atoms with Gasteiger partial charge in [-0.15, -0.1) is 11.3 Å². The van der Waals surface area contributed by atoms with Crippen molar-refractivity contribution >= 4 is 40.5 Å². The number of para-hydroxylation sites is 1. The molecule has 0 fully saturated rings. The predicted octanol–water partition coefficient (Wildman–Crippen LogP) is 13.9. The van der Waals surface area contributed by atoms with Gasteiger partial charge >= 0.3 is 0 Å². The number of benzene rings is 2. The van der Waals surface area contributed by atoms with E-state index in [-0.39, 0.29) is 18.1 Å². The molecule has 7 aliphatic carbocycles. The van der Waals surface area contributed by atoms with Gasteiger partial charge in [-0.1, -0.05) is 139 Å². The van der Waals surface area contributed by atoms with Gasteiger partial charge in [0.05, 0.1) is 6.04 Å². The summed E-state index contributed by atoms with van der Waals surface area (Å²) < 4.78 is 0. The maximum atomic E-state index is 5.60. The van der Waals surface area contributed by atoms with Crippen LogP contribution < -0.4 is 15.5 Å². The second-order valence-corrected chi connectivity index (χ2v) is 21.3. The van der Waals surface area contributed by atoms with Crippen molar-refractivity contribution in [3.05, 3.63) is 217 Å². The highest BCUT2D eigenvalue weighted by atomic mass is 32.1. The number of hydrogen-bond acceptors (Lipinski definition) is 6. The van der Waals surface area contributed by atoms with Crippen LogP contribution >= 0.6 is 11.3 Å². The number of aliphatic imine (C=N–C) groups is 2. The van der Waals surface area contributed by atoms with Crippen LogP contribution in [0.4, 0.5) is 5.69 Å². The number of nitrogens with zero attached hydrogens (tertiary/aromatic N) is 3. The summed E-state index contributed by atoms with van der Waals surface area (Å²) in [4.78, 5) is 16.7. The lowest BCUT2D eigenvalue weighted by Crippen LogP contribution is -2.48. The summed E-state index contributed by atoms with van der Waals surface area (Å²) in [7, 11) is 0. The molecule has 0 bridgehead atoms. The van der Waals surface area contributed by atoms with Crippen molar-refractivity contribution < 1.29 is 0 Å². The summed E-state index contributed by atoms with van der Waals surface area (Å²) in [6.07, 6.45) is 50.2. The van der Waals surface area contributed by atoms with Crippen molar-refractivity contribution in [2.24, 2.45) is 27.7 Å². The lowest BCUT2D eigenvalue weighted by Gasteiger charge is -2.38. The zero-order valence-electron chi connectivity index (χ0n) is 39.0. The lowest BCUT2D eigenvalue weighted by atomic mass is 9.72. The van der Waals surface area contributed by atoms with Crippen molar-refractivity contribution in [2.75, 3.05) is 11.4 Å². The molecule has 10 aliphatic rings. The molecule has 3 aromatic rings. The largest absolute Gasteiger partial charge is 0.337 e. The van der Waals surface area contributed by atoms with Gasteiger partial charge in [-0.3, -0.25) is 0 Å². The molecule has 0 radical (unpaired) electrons. The standard InChI is InChI=1S/C62H61N5S/c1-6-18-40(19-7-1)44-30-32-48(41-20-8-2-9-21-41)52(36-44)46-37-53(62-65-60(42-22-10-3-11-23-42)64-61(66-62)43-24-12-4-13-25-43)58(63-39-46)45-31-33-51-56(38-45)68-55-35-34-50-49-28-16-17-29-54(49)67(59(50)57(51)55)47-26-14-5-15-27-47/h1,3,5-6,8,10-12,14-18,20-27,30,36-38,46,48-49,54,58,60,63H,2,4,7,9,13,19,28-29,31-35,39H2,(H,64,65,66). The van der Waals surface area contributed by atoms with Gasteiger partial charge in [0.2, 0.25) is 0 Å². The average molecular weight is 908 g/mol. The van der Waals surface area contributed by atoms with E-state index in [2.05, 4.69) is 179 Å². The number of anilines is 1. The molecule has 68 heavy (non-hydrogen) atoms. The molecule has 4 heterocycles. The number of allylic oxidation sites excluding steroid dienone is 14. The Morgan fingerprint density at radius 2 is 1.53 bits per heavy atom. The Morgan fingerprint density at radius 3 is 2.35 bits per heavy atom. The van der Waals surface area contributed by atoms with Crippen molar-refractivity contribution in [3.8, 4) is 0 Å². The minimum atomic E-state index is -0.336. The molecule has 13 rings (SSSR count). The lowest BCUT2D eigenvalue weighted by molar-refractivity contribution is 0.482. The number of rotatable bonds is 8. The van der Waals surface area contributed by atoms with Crippen LogP contribution in [0.25, 0.3) is 11.8 Å². The highest BCUT2D eigenvalue weighted by molar-refractivity contribution is 7.13. The van der Waals surface area contributed by atoms with Crippen LogP contribution in [0.5, 0.6) is 0 Å². The summed E-state index contributed by atoms with van der Waals surface area (Å²) >= 11 is 2.07. The molecule has 6 heteroatoms. The molecule has 5 nitrogen and oxygen atoms in total. The number of nitrogens with one attached hydrogen (secondary N) is 2. The third-order valence-electron chi connectivity index (χ3n) is 16.2. The molecule has 0 saturated carbocycles. The summed E-state index contributed by atoms with van der Waals surface area (Å²) in [6, 6.07) is 22.5. The maximum Gasteiger partial charge on any atom is 0.169 e. The molecular formula is C62H61N5S. The summed E-state index contributed by atoms with van der Waals surface area (Å²) in [5.74, 6) is 3.01. The second kappa shape index (κ2) is 18.1. The summed E-state index contributed by atoms with van der Waals surface area (Å²) in [6.45, 7) is 0.883. The van der Waals surface area contributed by atoms with Crippen LogP contribution in [-0.2, 0) is 12.8 Å². The van der Waals surface area contributed by atoms with Gasteiger partial charge < -0.3 is 15.5 Å². The fourth-order valence-electron chi connectivity index (χ4n) is 13.0. The molecular weight excluding hydrogens is 847 g/mol. The zero-order valence-corrected chi connectivity index (χ0v) is 39.9. The van der Waals surface area contributed by atoms with E-state index in [9.17, 15) is 0 Å². The number of aryl methyl sites for hydroxylation is 1. The number of thiophene rings is 1. The maximum absolute atomic E-state index is 5.60. The second-order valence-electron chi connectivity index (χ2n) is 20.2. The Hall–Kier alpha value is -6.08. The van der Waals surface area contributed by atoms with Crippen LogP contribution in [0, 0.1) is 17.8 Å². The monoisotopic (exact) mass is 907 g/mol. The fourth-order valence-corrected chi connectivity index (χ4v) is 14.3. The molecule has 2 aromatic carbocycles. The van der Waals surface area contributed by atoms with Crippen LogP contribution in [-0.4, -0.2) is 30.3 Å². The molecule has 2 N–H and O–H groups in total. The Bertz CT molecular complexity index is 2990. The summed E-state index contributed by atoms with van der Waals surface area (Å²) in [5, 5.41) is 8.18. The van der Waals surface area contributed by atoms with Crippen molar-refractivity contribution in [2.45, 2.75) is 102 Å². The highest BCUT2D eigenvalue weighted by Gasteiger charge is 2.46. The van der Waals surface area contributed by atoms with Crippen LogP contribution in [0.2, 0.25) is 0 Å². The first-order valence-corrected chi connectivity index (χ1v) is 26.6. The number of amidine groups is 2. The number of fused-ring (bicyclic) bond motifs is 6. The molecule has 0 spiro atoms. The van der Waals surface area contributed by atoms with Crippen molar-refractivity contribution in [1.82, 2.24) is 10.6 Å². The van der Waals surface area contributed by atoms with E-state index >= 15 is 0 Å². The first-order valence-electron chi connectivity index (χ1n) is 25.7. The predicted molar refractivity (Wildman–Crippen MR) is 285 cm³/mol. The van der Waals surface area contributed by atoms with Gasteiger partial charge in [0.1, 0.15) is 11.7 Å². The molecule has 0 amide bonds. The third-order valence-corrected chi connectivity index (χ3v) is 17.5. The van der Waals surface area contributed by atoms with Gasteiger partial charge in [-0.2, -0.15) is 0 Å². The van der Waals surface area contributed by atoms with Crippen LogP contribution in [0.15, 0.2) is 200 Å². The van der Waals surface area contributed by atoms with E-state index in [0.29, 0.717) is 17.9 Å². The molecule has 0 saturated heterocycles. The first kappa shape index (κ1) is 42.1. The van der Waals surface area contributed by atoms with E-state index in [1.165, 1.54) is 50.4 Å². The minimum absolute atomic E-state index is 0.0186. The van der Waals surface area contributed by atoms with Crippen molar-refractivity contribution in [3.63, 3.8) is 0 Å². The summed E-state index contributed by atoms with van der Waals surface area (Å²) in [5.41, 5.74) is 18.6. The average Bonchev–Trinajstić information content (AvgIpc) is 3.97. The SMILES string of the molecule is C1=CCCC(C2=CCC(C3=CCCC=C3)C(C3C=C(C4=NC(c5ccccc5)N=C(C5=CCCC=C5)N4)C(C4=Cc5sc6c(c5CC4)C4=C(CC6)C5CC=CCC5N4c4ccccc4)NC3)=C2)=C1. The Labute approximate surface area is 406 Å². The molecule has 6 unspecified atom stereocenters. The van der Waals surface area contributed by atoms with Gasteiger partial charge in [0.15, 0.2) is 6.17 Å². The van der Waals surface area contributed by atoms with Crippen LogP contribution in [0.3, 0.4) is 0 Å².